The molecule has 0 radical (unpaired) electrons. The van der Waals surface area contributed by atoms with E-state index >= 15 is 0 Å². The summed E-state index contributed by atoms with van der Waals surface area (Å²) in [6.45, 7) is 6.95. The van der Waals surface area contributed by atoms with Crippen molar-refractivity contribution in [3.63, 3.8) is 0 Å². The number of carbonyl (C=O) groups is 1. The average Bonchev–Trinajstić information content (AvgIpc) is 2.87. The number of fused-ring (bicyclic) bond motifs is 1. The Kier molecular flexibility index (Phi) is 12.5. The van der Waals surface area contributed by atoms with Gasteiger partial charge in [0.25, 0.3) is 0 Å². The molecular formula is C32H58O2. The van der Waals surface area contributed by atoms with Crippen LogP contribution in [0.25, 0.3) is 0 Å². The van der Waals surface area contributed by atoms with E-state index in [0.29, 0.717) is 23.5 Å². The number of Topliss-reactive ketones (excluding diaryl/α,β-unsaturated/α-hetero) is 1. The van der Waals surface area contributed by atoms with Crippen LogP contribution in [0.1, 0.15) is 149 Å². The van der Waals surface area contributed by atoms with Crippen molar-refractivity contribution >= 4 is 5.78 Å². The molecule has 0 aromatic heterocycles. The Labute approximate surface area is 212 Å². The lowest BCUT2D eigenvalue weighted by atomic mass is 9.64. The molecule has 198 valence electrons. The minimum atomic E-state index is -0.133. The van der Waals surface area contributed by atoms with E-state index in [1.165, 1.54) is 89.9 Å². The molecule has 0 saturated heterocycles. The van der Waals surface area contributed by atoms with Gasteiger partial charge in [-0.3, -0.25) is 4.79 Å². The van der Waals surface area contributed by atoms with Crippen molar-refractivity contribution in [2.24, 2.45) is 41.4 Å². The van der Waals surface area contributed by atoms with Gasteiger partial charge in [-0.05, 0) is 92.8 Å². The summed E-state index contributed by atoms with van der Waals surface area (Å²) in [7, 11) is 0. The van der Waals surface area contributed by atoms with Crippen LogP contribution in [0.4, 0.5) is 0 Å². The summed E-state index contributed by atoms with van der Waals surface area (Å²) >= 11 is 0. The highest BCUT2D eigenvalue weighted by Gasteiger charge is 2.34. The smallest absolute Gasteiger partial charge is 0.132 e. The Morgan fingerprint density at radius 2 is 1.59 bits per heavy atom. The SMILES string of the molecule is CCC1CCC(C(O)C[C@H](CCCC(=O)CCCC2CCCC3CCCCC32)C(C)CC)CC1. The zero-order valence-electron chi connectivity index (χ0n) is 23.1. The molecular weight excluding hydrogens is 416 g/mol. The molecule has 0 aromatic carbocycles. The maximum absolute atomic E-state index is 12.7. The summed E-state index contributed by atoms with van der Waals surface area (Å²) < 4.78 is 0. The zero-order chi connectivity index (χ0) is 24.3. The van der Waals surface area contributed by atoms with Crippen molar-refractivity contribution in [2.75, 3.05) is 0 Å². The number of carbonyl (C=O) groups excluding carboxylic acids is 1. The fraction of sp³-hybridized carbons (Fsp3) is 0.969. The van der Waals surface area contributed by atoms with Gasteiger partial charge in [0.05, 0.1) is 6.10 Å². The Hall–Kier alpha value is -0.370. The summed E-state index contributed by atoms with van der Waals surface area (Å²) in [6, 6.07) is 0. The van der Waals surface area contributed by atoms with Crippen molar-refractivity contribution in [3.8, 4) is 0 Å². The molecule has 2 heteroatoms. The Bertz CT molecular complexity index is 561. The van der Waals surface area contributed by atoms with Crippen LogP contribution in [0.15, 0.2) is 0 Å². The molecule has 3 aliphatic carbocycles. The molecule has 3 fully saturated rings. The standard InChI is InChI=1S/C32H58O2/c1-4-24(3)29(23-32(34)28-21-19-25(5-2)20-22-28)15-10-17-30(33)16-9-14-27-13-8-12-26-11-6-7-18-31(26)27/h24-29,31-32,34H,4-23H2,1-3H3/t24?,25?,26?,27?,28?,29-,31?,32?/m0/s1. The van der Waals surface area contributed by atoms with Gasteiger partial charge in [0.1, 0.15) is 5.78 Å². The fourth-order valence-corrected chi connectivity index (χ4v) is 8.13. The molecule has 0 heterocycles. The van der Waals surface area contributed by atoms with Crippen molar-refractivity contribution in [1.29, 1.82) is 0 Å². The van der Waals surface area contributed by atoms with E-state index in [0.717, 1.165) is 62.2 Å². The van der Waals surface area contributed by atoms with Crippen LogP contribution in [0.3, 0.4) is 0 Å². The van der Waals surface area contributed by atoms with Gasteiger partial charge in [-0.25, -0.2) is 0 Å². The lowest BCUT2D eigenvalue weighted by Crippen LogP contribution is -2.31. The molecule has 0 aliphatic heterocycles. The first-order chi connectivity index (χ1) is 16.5. The normalized spacial score (nSPS) is 32.5. The highest BCUT2D eigenvalue weighted by molar-refractivity contribution is 5.78. The van der Waals surface area contributed by atoms with Crippen LogP contribution in [0, 0.1) is 41.4 Å². The summed E-state index contributed by atoms with van der Waals surface area (Å²) in [6.07, 6.45) is 24.7. The second-order valence-electron chi connectivity index (χ2n) is 12.9. The fourth-order valence-electron chi connectivity index (χ4n) is 8.13. The Balaban J connectivity index is 1.33. The minimum Gasteiger partial charge on any atom is -0.393 e. The van der Waals surface area contributed by atoms with Gasteiger partial charge in [-0.2, -0.15) is 0 Å². The lowest BCUT2D eigenvalue weighted by Gasteiger charge is -2.41. The minimum absolute atomic E-state index is 0.133. The number of aliphatic hydroxyl groups is 1. The molecule has 5 unspecified atom stereocenters. The quantitative estimate of drug-likeness (QED) is 0.272. The molecule has 3 rings (SSSR count). The van der Waals surface area contributed by atoms with Gasteiger partial charge in [-0.1, -0.05) is 85.0 Å². The van der Waals surface area contributed by atoms with Crippen LogP contribution >= 0.6 is 0 Å². The monoisotopic (exact) mass is 474 g/mol. The highest BCUT2D eigenvalue weighted by atomic mass is 16.3. The first kappa shape index (κ1) is 28.2. The third-order valence-corrected chi connectivity index (χ3v) is 10.8. The van der Waals surface area contributed by atoms with E-state index in [-0.39, 0.29) is 6.10 Å². The second-order valence-corrected chi connectivity index (χ2v) is 12.9. The molecule has 0 bridgehead atoms. The topological polar surface area (TPSA) is 37.3 Å². The predicted octanol–water partition coefficient (Wildman–Crippen LogP) is 9.13. The molecule has 2 nitrogen and oxygen atoms in total. The maximum atomic E-state index is 12.7. The van der Waals surface area contributed by atoms with E-state index in [1.54, 1.807) is 0 Å². The third-order valence-electron chi connectivity index (χ3n) is 10.8. The van der Waals surface area contributed by atoms with Crippen LogP contribution in [-0.4, -0.2) is 17.0 Å². The van der Waals surface area contributed by atoms with Crippen molar-refractivity contribution < 1.29 is 9.90 Å². The van der Waals surface area contributed by atoms with Gasteiger partial charge in [-0.15, -0.1) is 0 Å². The van der Waals surface area contributed by atoms with Crippen LogP contribution < -0.4 is 0 Å². The molecule has 34 heavy (non-hydrogen) atoms. The van der Waals surface area contributed by atoms with Crippen molar-refractivity contribution in [2.45, 2.75) is 155 Å². The number of rotatable bonds is 14. The van der Waals surface area contributed by atoms with Crippen LogP contribution in [0.5, 0.6) is 0 Å². The molecule has 3 aliphatic rings. The number of ketones is 1. The largest absolute Gasteiger partial charge is 0.393 e. The van der Waals surface area contributed by atoms with E-state index in [2.05, 4.69) is 20.8 Å². The first-order valence-electron chi connectivity index (χ1n) is 15.7. The summed E-state index contributed by atoms with van der Waals surface area (Å²) in [4.78, 5) is 12.7. The van der Waals surface area contributed by atoms with Gasteiger partial charge in [0.15, 0.2) is 0 Å². The highest BCUT2D eigenvalue weighted by Crippen LogP contribution is 2.45. The molecule has 6 atom stereocenters. The molecule has 3 saturated carbocycles. The Morgan fingerprint density at radius 1 is 0.882 bits per heavy atom. The zero-order valence-corrected chi connectivity index (χ0v) is 23.1. The molecule has 0 amide bonds. The van der Waals surface area contributed by atoms with E-state index in [1.807, 2.05) is 0 Å². The number of hydrogen-bond acceptors (Lipinski definition) is 2. The van der Waals surface area contributed by atoms with Crippen LogP contribution in [0.2, 0.25) is 0 Å². The van der Waals surface area contributed by atoms with Crippen molar-refractivity contribution in [1.82, 2.24) is 0 Å². The van der Waals surface area contributed by atoms with E-state index in [9.17, 15) is 9.90 Å². The van der Waals surface area contributed by atoms with Crippen LogP contribution in [-0.2, 0) is 4.79 Å². The van der Waals surface area contributed by atoms with Gasteiger partial charge in [0.2, 0.25) is 0 Å². The summed E-state index contributed by atoms with van der Waals surface area (Å²) in [5.74, 6) is 6.03. The lowest BCUT2D eigenvalue weighted by molar-refractivity contribution is -0.119. The van der Waals surface area contributed by atoms with Gasteiger partial charge < -0.3 is 5.11 Å². The van der Waals surface area contributed by atoms with Crippen molar-refractivity contribution in [3.05, 3.63) is 0 Å². The molecule has 0 spiro atoms. The first-order valence-corrected chi connectivity index (χ1v) is 15.7. The maximum Gasteiger partial charge on any atom is 0.132 e. The molecule has 1 N–H and O–H groups in total. The Morgan fingerprint density at radius 3 is 2.32 bits per heavy atom. The van der Waals surface area contributed by atoms with E-state index < -0.39 is 0 Å². The van der Waals surface area contributed by atoms with E-state index in [4.69, 9.17) is 0 Å². The van der Waals surface area contributed by atoms with Gasteiger partial charge in [0, 0.05) is 12.8 Å². The third kappa shape index (κ3) is 8.63. The predicted molar refractivity (Wildman–Crippen MR) is 145 cm³/mol. The molecule has 0 aromatic rings. The summed E-state index contributed by atoms with van der Waals surface area (Å²) in [5.41, 5.74) is 0. The second kappa shape index (κ2) is 15.0. The number of aliphatic hydroxyl groups excluding tert-OH is 1. The number of hydrogen-bond donors (Lipinski definition) is 1. The van der Waals surface area contributed by atoms with Gasteiger partial charge >= 0.3 is 0 Å². The summed E-state index contributed by atoms with van der Waals surface area (Å²) in [5, 5.41) is 11.0. The average molecular weight is 475 g/mol.